The van der Waals surface area contributed by atoms with Crippen LogP contribution in [0.3, 0.4) is 0 Å². The van der Waals surface area contributed by atoms with Crippen molar-refractivity contribution in [1.29, 1.82) is 0 Å². The largest absolute Gasteiger partial charge is 0.488 e. The van der Waals surface area contributed by atoms with Gasteiger partial charge in [-0.3, -0.25) is 10.2 Å². The van der Waals surface area contributed by atoms with Crippen molar-refractivity contribution in [3.63, 3.8) is 0 Å². The summed E-state index contributed by atoms with van der Waals surface area (Å²) in [7, 11) is -1.46. The van der Waals surface area contributed by atoms with E-state index >= 15 is 0 Å². The number of hydrogen-bond donors (Lipinski definition) is 7. The quantitative estimate of drug-likeness (QED) is 0.0473. The summed E-state index contributed by atoms with van der Waals surface area (Å²) in [5.41, 5.74) is 18.5. The van der Waals surface area contributed by atoms with Gasteiger partial charge >= 0.3 is 19.3 Å². The van der Waals surface area contributed by atoms with Crippen molar-refractivity contribution in [2.75, 3.05) is 0 Å². The highest BCUT2D eigenvalue weighted by molar-refractivity contribution is 9.10. The number of rotatable bonds is 11. The Balaban J connectivity index is 0.000000203. The molecule has 21 nitrogen and oxygen atoms in total. The first kappa shape index (κ1) is 79.6. The van der Waals surface area contributed by atoms with Crippen molar-refractivity contribution >= 4 is 79.4 Å². The fraction of sp³-hybridized carbons (Fsp3) is 0.200. The van der Waals surface area contributed by atoms with E-state index < -0.39 is 36.3 Å². The maximum Gasteiger partial charge on any atom is 0.488 e. The lowest BCUT2D eigenvalue weighted by Gasteiger charge is -2.19. The topological polar surface area (TPSA) is 254 Å². The predicted molar refractivity (Wildman–Crippen MR) is 397 cm³/mol. The van der Waals surface area contributed by atoms with Gasteiger partial charge in [-0.1, -0.05) is 107 Å². The summed E-state index contributed by atoms with van der Waals surface area (Å²) >= 11 is 6.33. The molecule has 0 unspecified atom stereocenters. The fourth-order valence-corrected chi connectivity index (χ4v) is 9.54. The zero-order valence-electron chi connectivity index (χ0n) is 57.4. The van der Waals surface area contributed by atoms with Gasteiger partial charge < -0.3 is 35.9 Å². The zero-order chi connectivity index (χ0) is 74.8. The van der Waals surface area contributed by atoms with Crippen LogP contribution in [-0.2, 0) is 29.1 Å². The van der Waals surface area contributed by atoms with Gasteiger partial charge in [-0.25, -0.2) is 51.5 Å². The first-order valence-corrected chi connectivity index (χ1v) is 32.7. The van der Waals surface area contributed by atoms with Crippen LogP contribution in [0.1, 0.15) is 80.5 Å². The van der Waals surface area contributed by atoms with E-state index in [1.165, 1.54) is 24.3 Å². The molecular formula is C75H73BBr2F3N15O6. The van der Waals surface area contributed by atoms with Gasteiger partial charge in [-0.15, -0.1) is 0 Å². The average Bonchev–Trinajstić information content (AvgIpc) is 1.66. The summed E-state index contributed by atoms with van der Waals surface area (Å²) in [5, 5.41) is 44.7. The van der Waals surface area contributed by atoms with Crippen LogP contribution in [0.4, 0.5) is 45.5 Å². The van der Waals surface area contributed by atoms with Gasteiger partial charge in [0.2, 0.25) is 0 Å². The maximum atomic E-state index is 14.5. The molecule has 11 aromatic rings. The number of ether oxygens (including phenoxy) is 2. The van der Waals surface area contributed by atoms with Gasteiger partial charge in [0.1, 0.15) is 33.3 Å². The van der Waals surface area contributed by atoms with E-state index in [-0.39, 0.29) is 31.3 Å². The number of alkyl carbamates (subject to hydrolysis) is 2. The third-order valence-electron chi connectivity index (χ3n) is 14.1. The molecule has 0 fully saturated rings. The molecule has 11 rings (SSSR count). The van der Waals surface area contributed by atoms with Gasteiger partial charge in [0.15, 0.2) is 22.7 Å². The van der Waals surface area contributed by atoms with Crippen LogP contribution in [0, 0.1) is 71.4 Å². The fourth-order valence-electron chi connectivity index (χ4n) is 8.99. The smallest absolute Gasteiger partial charge is 0.444 e. The zero-order valence-corrected chi connectivity index (χ0v) is 60.6. The first-order chi connectivity index (χ1) is 48.4. The van der Waals surface area contributed by atoms with Crippen LogP contribution in [0.2, 0.25) is 0 Å². The van der Waals surface area contributed by atoms with Crippen molar-refractivity contribution in [2.24, 2.45) is 5.73 Å². The third kappa shape index (κ3) is 24.8. The van der Waals surface area contributed by atoms with E-state index in [4.69, 9.17) is 51.5 Å². The van der Waals surface area contributed by atoms with Crippen LogP contribution < -0.4 is 21.8 Å². The van der Waals surface area contributed by atoms with Crippen LogP contribution in [0.25, 0.3) is 64.5 Å². The molecule has 0 radical (unpaired) electrons. The van der Waals surface area contributed by atoms with Crippen LogP contribution in [0.5, 0.6) is 0 Å². The number of nitrogens with two attached hydrogens (primary N) is 1. The number of benzene rings is 7. The Kier molecular flexibility index (Phi) is 29.4. The highest BCUT2D eigenvalue weighted by Crippen LogP contribution is 2.30. The molecule has 0 saturated carbocycles. The monoisotopic (exact) mass is 1510 g/mol. The van der Waals surface area contributed by atoms with Crippen molar-refractivity contribution in [2.45, 2.75) is 100 Å². The lowest BCUT2D eigenvalue weighted by molar-refractivity contribution is 0.0511. The number of carbonyl (C=O) groups excluding carboxylic acids is 2. The number of nitrogens with zero attached hydrogens (tertiary/aromatic N) is 10. The molecule has 0 aliphatic carbocycles. The SMILES string of the molecule is Brc1ccn[nH]1.CC(C)(C)OC(=O)NCc1ccc(Br)cc1F.[C-]#[N+]c1ccc(-c2ccn(-c3ccc(CN)c(F)c3)n2)cc1C.[C-]#[N+]c1ccc(-c2ccn(-c3ccc(CNC(=O)OC(C)(C)C)c(F)c3)n2)cc1C.[C-]#[N+]c1ccc(-c2ccn[nH]2)cc1C.[C-]#[N+]c1ccc(B(O)O)cc1C. The molecule has 0 spiro atoms. The summed E-state index contributed by atoms with van der Waals surface area (Å²) in [6.45, 7) is 46.3. The molecule has 0 aliphatic rings. The summed E-state index contributed by atoms with van der Waals surface area (Å²) in [5.74, 6) is -1.15. The van der Waals surface area contributed by atoms with Crippen molar-refractivity contribution < 1.29 is 42.3 Å². The van der Waals surface area contributed by atoms with Gasteiger partial charge in [-0.05, 0) is 190 Å². The van der Waals surface area contributed by atoms with E-state index in [0.29, 0.717) is 60.8 Å². The lowest BCUT2D eigenvalue weighted by Crippen LogP contribution is -2.32. The molecule has 0 saturated heterocycles. The highest BCUT2D eigenvalue weighted by atomic mass is 79.9. The van der Waals surface area contributed by atoms with Crippen molar-refractivity contribution in [3.05, 3.63) is 288 Å². The molecule has 0 atom stereocenters. The van der Waals surface area contributed by atoms with Crippen LogP contribution >= 0.6 is 31.9 Å². The number of aromatic nitrogens is 8. The Bertz CT molecular complexity index is 4830. The van der Waals surface area contributed by atoms with Crippen molar-refractivity contribution in [1.82, 2.24) is 50.6 Å². The second kappa shape index (κ2) is 37.7. The molecule has 2 amide bonds. The molecule has 0 bridgehead atoms. The minimum atomic E-state index is -1.46. The molecule has 7 aromatic carbocycles. The normalized spacial score (nSPS) is 10.4. The summed E-state index contributed by atoms with van der Waals surface area (Å²) in [6.07, 6.45) is 5.78. The minimum Gasteiger partial charge on any atom is -0.444 e. The maximum absolute atomic E-state index is 14.5. The second-order valence-corrected chi connectivity index (χ2v) is 26.0. The number of H-pyrrole nitrogens is 2. The molecule has 4 aromatic heterocycles. The number of halogens is 5. The molecular weight excluding hydrogens is 1430 g/mol. The Morgan fingerprint density at radius 3 is 1.28 bits per heavy atom. The molecule has 102 heavy (non-hydrogen) atoms. The summed E-state index contributed by atoms with van der Waals surface area (Å²) in [6, 6.07) is 43.3. The summed E-state index contributed by atoms with van der Waals surface area (Å²) < 4.78 is 56.8. The highest BCUT2D eigenvalue weighted by Gasteiger charge is 2.19. The Hall–Kier alpha value is -11.4. The van der Waals surface area contributed by atoms with E-state index in [1.807, 2.05) is 87.5 Å². The number of aromatic amines is 2. The average molecular weight is 1510 g/mol. The van der Waals surface area contributed by atoms with Crippen molar-refractivity contribution in [3.8, 4) is 45.1 Å². The first-order valence-electron chi connectivity index (χ1n) is 31.1. The van der Waals surface area contributed by atoms with Gasteiger partial charge in [-0.2, -0.15) is 20.4 Å². The van der Waals surface area contributed by atoms with Gasteiger partial charge in [0.05, 0.1) is 54.7 Å². The molecule has 27 heteroatoms. The number of nitrogens with one attached hydrogen (secondary N) is 4. The molecule has 0 aliphatic heterocycles. The standard InChI is InChI=1S/C23H23FN4O2.C18H15FN4.C12H15BrFNO2.C11H9N3.C8H8BNO2.C3H3BrN2/c1-15-12-16(7-9-20(15)25-5)21-10-11-28(27-21)18-8-6-17(19(24)13-18)14-26-22(29)30-23(2,3)4;1-12-9-13(4-6-17(12)21-2)18-7-8-23(22-18)15-5-3-14(11-20)16(19)10-15;1-12(2,3)17-11(16)15-7-8-4-5-9(13)6-10(8)14;1-8-7-9(3-4-10(8)12-2)11-5-6-13-14-11;1-6-5-7(9(11)12)3-4-8(6)10-2;4-3-1-2-5-6-3/h6-13H,14H2,1-4H3,(H,26,29);3-10H,11,20H2,1H3;4-6H,7H2,1-3H3,(H,15,16);3-7H,1H3,(H,13,14);3-5,11-12H,1H3;1-2H,(H,5,6). The molecule has 4 heterocycles. The minimum absolute atomic E-state index is 0.0259. The third-order valence-corrected chi connectivity index (χ3v) is 15.1. The molecule has 522 valence electrons. The van der Waals surface area contributed by atoms with E-state index in [1.54, 1.807) is 143 Å². The number of amides is 2. The van der Waals surface area contributed by atoms with Crippen LogP contribution in [0.15, 0.2) is 186 Å². The van der Waals surface area contributed by atoms with E-state index in [2.05, 4.69) is 92.5 Å². The van der Waals surface area contributed by atoms with Crippen LogP contribution in [-0.4, -0.2) is 80.5 Å². The van der Waals surface area contributed by atoms with E-state index in [0.717, 1.165) is 60.6 Å². The Morgan fingerprint density at radius 1 is 0.529 bits per heavy atom. The number of hydrogen-bond acceptors (Lipinski definition) is 11. The lowest BCUT2D eigenvalue weighted by atomic mass is 9.79. The predicted octanol–water partition coefficient (Wildman–Crippen LogP) is 17.5. The second-order valence-electron chi connectivity index (χ2n) is 24.2. The number of aryl methyl sites for hydroxylation is 4. The van der Waals surface area contributed by atoms with Gasteiger partial charge in [0, 0.05) is 65.6 Å². The van der Waals surface area contributed by atoms with E-state index in [9.17, 15) is 22.8 Å². The molecule has 8 N–H and O–H groups in total. The summed E-state index contributed by atoms with van der Waals surface area (Å²) in [4.78, 5) is 36.7. The Morgan fingerprint density at radius 2 is 0.931 bits per heavy atom. The van der Waals surface area contributed by atoms with Gasteiger partial charge in [0.25, 0.3) is 0 Å². The Labute approximate surface area is 607 Å². The number of carbonyl (C=O) groups is 2.